The van der Waals surface area contributed by atoms with Crippen molar-refractivity contribution in [1.29, 1.82) is 0 Å². The molecular formula is C26H32N4O2. The number of nitrogens with zero attached hydrogens (tertiary/aromatic N) is 3. The minimum Gasteiger partial charge on any atom is -0.351 e. The number of nitrogens with one attached hydrogen (secondary N) is 1. The zero-order chi connectivity index (χ0) is 22.2. The molecule has 0 spiro atoms. The van der Waals surface area contributed by atoms with Crippen LogP contribution < -0.4 is 10.9 Å². The van der Waals surface area contributed by atoms with Crippen LogP contribution in [0.25, 0.3) is 21.8 Å². The third-order valence-corrected chi connectivity index (χ3v) is 8.94. The topological polar surface area (TPSA) is 68.9 Å². The molecule has 4 aliphatic rings. The number of benzene rings is 1. The molecule has 6 heteroatoms. The highest BCUT2D eigenvalue weighted by atomic mass is 16.2. The van der Waals surface area contributed by atoms with E-state index in [4.69, 9.17) is 0 Å². The van der Waals surface area contributed by atoms with Crippen LogP contribution in [0.5, 0.6) is 0 Å². The molecule has 4 fully saturated rings. The Labute approximate surface area is 188 Å². The maximum Gasteiger partial charge on any atom is 0.291 e. The molecule has 2 atom stereocenters. The summed E-state index contributed by atoms with van der Waals surface area (Å²) in [6.07, 6.45) is 9.71. The van der Waals surface area contributed by atoms with Crippen LogP contribution >= 0.6 is 0 Å². The summed E-state index contributed by atoms with van der Waals surface area (Å²) < 4.78 is 3.26. The number of fused-ring (bicyclic) bond motifs is 3. The van der Waals surface area contributed by atoms with Crippen molar-refractivity contribution >= 4 is 27.7 Å². The first-order valence-electron chi connectivity index (χ1n) is 12.1. The van der Waals surface area contributed by atoms with Crippen molar-refractivity contribution in [3.8, 4) is 0 Å². The molecule has 32 heavy (non-hydrogen) atoms. The van der Waals surface area contributed by atoms with Gasteiger partial charge in [0, 0.05) is 23.9 Å². The molecule has 2 unspecified atom stereocenters. The van der Waals surface area contributed by atoms with Gasteiger partial charge in [0.05, 0.1) is 11.7 Å². The fraction of sp³-hybridized carbons (Fsp3) is 0.577. The second-order valence-corrected chi connectivity index (χ2v) is 10.9. The molecule has 6 nitrogen and oxygen atoms in total. The van der Waals surface area contributed by atoms with Gasteiger partial charge in [0.2, 0.25) is 5.91 Å². The summed E-state index contributed by atoms with van der Waals surface area (Å²) in [6.45, 7) is 4.13. The van der Waals surface area contributed by atoms with Crippen LogP contribution in [0.3, 0.4) is 0 Å². The fourth-order valence-corrected chi connectivity index (χ4v) is 7.70. The molecule has 4 aliphatic carbocycles. The molecule has 3 aromatic rings. The lowest BCUT2D eigenvalue weighted by Crippen LogP contribution is -2.56. The van der Waals surface area contributed by atoms with Gasteiger partial charge in [0.1, 0.15) is 11.6 Å². The number of hydrogen-bond donors (Lipinski definition) is 1. The molecule has 4 saturated carbocycles. The zero-order valence-electron chi connectivity index (χ0n) is 19.2. The van der Waals surface area contributed by atoms with Crippen molar-refractivity contribution in [2.45, 2.75) is 64.5 Å². The van der Waals surface area contributed by atoms with Crippen LogP contribution in [0.4, 0.5) is 0 Å². The SMILES string of the molecule is CC(C(=O)NC(C)C12CC3CC(CC(C3)C1)C2)n1c2ccccc2c2cnn(C)c(=O)c21. The van der Waals surface area contributed by atoms with E-state index in [1.807, 2.05) is 35.8 Å². The molecule has 2 aromatic heterocycles. The summed E-state index contributed by atoms with van der Waals surface area (Å²) in [5.74, 6) is 2.55. The second kappa shape index (κ2) is 6.93. The molecule has 7 rings (SSSR count). The average Bonchev–Trinajstić information content (AvgIpc) is 3.10. The molecule has 1 amide bonds. The van der Waals surface area contributed by atoms with E-state index in [0.717, 1.165) is 34.0 Å². The van der Waals surface area contributed by atoms with E-state index in [0.29, 0.717) is 5.52 Å². The minimum atomic E-state index is -0.483. The molecule has 0 aliphatic heterocycles. The van der Waals surface area contributed by atoms with Gasteiger partial charge < -0.3 is 9.88 Å². The van der Waals surface area contributed by atoms with Gasteiger partial charge in [0.15, 0.2) is 0 Å². The third kappa shape index (κ3) is 2.81. The Kier molecular flexibility index (Phi) is 4.33. The minimum absolute atomic E-state index is 0.00485. The number of amides is 1. The van der Waals surface area contributed by atoms with Gasteiger partial charge in [0.25, 0.3) is 5.56 Å². The largest absolute Gasteiger partial charge is 0.351 e. The van der Waals surface area contributed by atoms with Crippen LogP contribution in [0.2, 0.25) is 0 Å². The normalized spacial score (nSPS) is 30.7. The monoisotopic (exact) mass is 432 g/mol. The van der Waals surface area contributed by atoms with E-state index in [1.54, 1.807) is 13.2 Å². The van der Waals surface area contributed by atoms with Crippen LogP contribution in [-0.4, -0.2) is 26.3 Å². The highest BCUT2D eigenvalue weighted by molar-refractivity contribution is 6.08. The van der Waals surface area contributed by atoms with E-state index in [2.05, 4.69) is 17.3 Å². The van der Waals surface area contributed by atoms with Gasteiger partial charge in [-0.05, 0) is 81.6 Å². The lowest BCUT2D eigenvalue weighted by Gasteiger charge is -2.59. The van der Waals surface area contributed by atoms with Gasteiger partial charge in [-0.15, -0.1) is 0 Å². The number of hydrogen-bond acceptors (Lipinski definition) is 3. The highest BCUT2D eigenvalue weighted by Gasteiger charge is 2.53. The molecule has 1 aromatic carbocycles. The van der Waals surface area contributed by atoms with Crippen molar-refractivity contribution in [2.24, 2.45) is 30.2 Å². The summed E-state index contributed by atoms with van der Waals surface area (Å²) in [7, 11) is 1.66. The fourth-order valence-electron chi connectivity index (χ4n) is 7.70. The van der Waals surface area contributed by atoms with Crippen LogP contribution in [-0.2, 0) is 11.8 Å². The molecule has 0 saturated heterocycles. The smallest absolute Gasteiger partial charge is 0.291 e. The molecular weight excluding hydrogens is 400 g/mol. The summed E-state index contributed by atoms with van der Waals surface area (Å²) in [6, 6.07) is 7.58. The Bertz CT molecular complexity index is 1250. The predicted molar refractivity (Wildman–Crippen MR) is 125 cm³/mol. The molecule has 4 bridgehead atoms. The maximum atomic E-state index is 13.6. The number of rotatable bonds is 4. The van der Waals surface area contributed by atoms with Crippen molar-refractivity contribution in [2.75, 3.05) is 0 Å². The summed E-state index contributed by atoms with van der Waals surface area (Å²) >= 11 is 0. The van der Waals surface area contributed by atoms with Crippen molar-refractivity contribution in [1.82, 2.24) is 19.7 Å². The van der Waals surface area contributed by atoms with Crippen LogP contribution in [0.15, 0.2) is 35.3 Å². The maximum absolute atomic E-state index is 13.6. The summed E-state index contributed by atoms with van der Waals surface area (Å²) in [4.78, 5) is 26.6. The number of carbonyl (C=O) groups excluding carboxylic acids is 1. The van der Waals surface area contributed by atoms with E-state index < -0.39 is 6.04 Å². The van der Waals surface area contributed by atoms with E-state index in [-0.39, 0.29) is 22.9 Å². The van der Waals surface area contributed by atoms with E-state index >= 15 is 0 Å². The Morgan fingerprint density at radius 3 is 2.34 bits per heavy atom. The van der Waals surface area contributed by atoms with Gasteiger partial charge in [-0.2, -0.15) is 5.10 Å². The van der Waals surface area contributed by atoms with Crippen LogP contribution in [0.1, 0.15) is 58.4 Å². The van der Waals surface area contributed by atoms with E-state index in [9.17, 15) is 9.59 Å². The Balaban J connectivity index is 1.35. The van der Waals surface area contributed by atoms with Crippen molar-refractivity contribution in [3.05, 3.63) is 40.8 Å². The number of aryl methyl sites for hydroxylation is 1. The first-order valence-corrected chi connectivity index (χ1v) is 12.1. The van der Waals surface area contributed by atoms with E-state index in [1.165, 1.54) is 43.2 Å². The molecule has 0 radical (unpaired) electrons. The zero-order valence-corrected chi connectivity index (χ0v) is 19.2. The first-order chi connectivity index (χ1) is 15.4. The molecule has 1 N–H and O–H groups in total. The quantitative estimate of drug-likeness (QED) is 0.673. The lowest BCUT2D eigenvalue weighted by atomic mass is 9.48. The standard InChI is InChI=1S/C26H32N4O2/c1-15(24(31)28-16(2)26-11-17-8-18(12-26)10-19(9-17)13-26)30-22-7-5-4-6-20(22)21-14-27-29(3)25(32)23(21)30/h4-7,14-19H,8-13H2,1-3H3,(H,28,31). The Morgan fingerprint density at radius 1 is 1.06 bits per heavy atom. The Morgan fingerprint density at radius 2 is 1.69 bits per heavy atom. The summed E-state index contributed by atoms with van der Waals surface area (Å²) in [5, 5.41) is 9.39. The summed E-state index contributed by atoms with van der Waals surface area (Å²) in [5.41, 5.74) is 1.53. The van der Waals surface area contributed by atoms with Gasteiger partial charge >= 0.3 is 0 Å². The molecule has 168 valence electrons. The van der Waals surface area contributed by atoms with Gasteiger partial charge in [-0.25, -0.2) is 4.68 Å². The average molecular weight is 433 g/mol. The number of aromatic nitrogens is 3. The van der Waals surface area contributed by atoms with Gasteiger partial charge in [-0.3, -0.25) is 9.59 Å². The Hall–Kier alpha value is -2.63. The van der Waals surface area contributed by atoms with Gasteiger partial charge in [-0.1, -0.05) is 18.2 Å². The third-order valence-electron chi connectivity index (χ3n) is 8.94. The first kappa shape index (κ1) is 20.0. The molecule has 2 heterocycles. The second-order valence-electron chi connectivity index (χ2n) is 10.9. The number of carbonyl (C=O) groups is 1. The number of para-hydroxylation sites is 1. The highest BCUT2D eigenvalue weighted by Crippen LogP contribution is 2.61. The lowest BCUT2D eigenvalue weighted by molar-refractivity contribution is -0.128. The van der Waals surface area contributed by atoms with Crippen molar-refractivity contribution < 1.29 is 4.79 Å². The predicted octanol–water partition coefficient (Wildman–Crippen LogP) is 4.17. The van der Waals surface area contributed by atoms with Crippen LogP contribution in [0, 0.1) is 23.2 Å². The van der Waals surface area contributed by atoms with Crippen molar-refractivity contribution in [3.63, 3.8) is 0 Å².